The molecule has 4 rings (SSSR count). The van der Waals surface area contributed by atoms with Gasteiger partial charge in [-0.2, -0.15) is 0 Å². The van der Waals surface area contributed by atoms with E-state index in [1.54, 1.807) is 0 Å². The van der Waals surface area contributed by atoms with E-state index in [0.717, 1.165) is 5.56 Å². The van der Waals surface area contributed by atoms with Gasteiger partial charge in [0.05, 0.1) is 28.1 Å². The molecule has 0 amide bonds. The molecule has 1 heterocycles. The molecule has 1 fully saturated rings. The van der Waals surface area contributed by atoms with Crippen LogP contribution in [0, 0.1) is 5.41 Å². The number of Topliss-reactive ketones (excluding diaryl/α,β-unsaturated/α-hetero) is 2. The maximum atomic E-state index is 13.0. The Bertz CT molecular complexity index is 1160. The zero-order valence-corrected chi connectivity index (χ0v) is 20.8. The first-order valence-corrected chi connectivity index (χ1v) is 12.0. The first-order chi connectivity index (χ1) is 15.9. The fourth-order valence-electron chi connectivity index (χ4n) is 5.05. The summed E-state index contributed by atoms with van der Waals surface area (Å²) in [7, 11) is 0. The van der Waals surface area contributed by atoms with E-state index in [1.165, 1.54) is 0 Å². The molecule has 0 bridgehead atoms. The van der Waals surface area contributed by atoms with Gasteiger partial charge in [-0.1, -0.05) is 49.3 Å². The van der Waals surface area contributed by atoms with Crippen LogP contribution >= 0.6 is 0 Å². The Hall–Kier alpha value is -3.02. The predicted octanol–water partition coefficient (Wildman–Crippen LogP) is 5.96. The van der Waals surface area contributed by atoms with E-state index in [2.05, 4.69) is 5.16 Å². The molecule has 1 saturated carbocycles. The van der Waals surface area contributed by atoms with Crippen molar-refractivity contribution in [1.29, 1.82) is 0 Å². The zero-order chi connectivity index (χ0) is 24.7. The lowest BCUT2D eigenvalue weighted by atomic mass is 9.73. The SMILES string of the molecule is CC1(C)CC(=O)/C(=C(/O)CCc2noc3c2C(=O)CC(c2ccccc2)C3)C(=NC(C)(C)C)C1. The molecule has 1 atom stereocenters. The lowest BCUT2D eigenvalue weighted by Crippen LogP contribution is -2.34. The van der Waals surface area contributed by atoms with Gasteiger partial charge in [0.15, 0.2) is 11.6 Å². The summed E-state index contributed by atoms with van der Waals surface area (Å²) < 4.78 is 5.56. The topological polar surface area (TPSA) is 92.8 Å². The normalized spacial score (nSPS) is 23.2. The summed E-state index contributed by atoms with van der Waals surface area (Å²) in [6.45, 7) is 10.0. The number of hydrogen-bond acceptors (Lipinski definition) is 6. The number of benzene rings is 1. The summed E-state index contributed by atoms with van der Waals surface area (Å²) in [5.74, 6) is 0.643. The molecule has 34 heavy (non-hydrogen) atoms. The number of fused-ring (bicyclic) bond motifs is 1. The quantitative estimate of drug-likeness (QED) is 0.447. The van der Waals surface area contributed by atoms with Crippen molar-refractivity contribution < 1.29 is 19.2 Å². The number of aromatic nitrogens is 1. The Labute approximate surface area is 201 Å². The molecule has 0 spiro atoms. The smallest absolute Gasteiger partial charge is 0.168 e. The second-order valence-corrected chi connectivity index (χ2v) is 11.4. The van der Waals surface area contributed by atoms with Crippen LogP contribution in [0.5, 0.6) is 0 Å². The van der Waals surface area contributed by atoms with Gasteiger partial charge in [0.1, 0.15) is 11.5 Å². The third-order valence-electron chi connectivity index (χ3n) is 6.46. The van der Waals surface area contributed by atoms with Crippen molar-refractivity contribution in [2.24, 2.45) is 10.4 Å². The molecule has 0 aliphatic heterocycles. The van der Waals surface area contributed by atoms with Gasteiger partial charge in [0.25, 0.3) is 0 Å². The zero-order valence-electron chi connectivity index (χ0n) is 20.8. The number of rotatable bonds is 4. The van der Waals surface area contributed by atoms with Gasteiger partial charge < -0.3 is 9.63 Å². The summed E-state index contributed by atoms with van der Waals surface area (Å²) in [6.07, 6.45) is 2.58. The first-order valence-electron chi connectivity index (χ1n) is 12.0. The van der Waals surface area contributed by atoms with Gasteiger partial charge in [-0.25, -0.2) is 0 Å². The number of carbonyl (C=O) groups is 2. The van der Waals surface area contributed by atoms with Crippen molar-refractivity contribution in [2.45, 2.75) is 84.6 Å². The highest BCUT2D eigenvalue weighted by atomic mass is 16.5. The maximum absolute atomic E-state index is 13.0. The van der Waals surface area contributed by atoms with E-state index in [4.69, 9.17) is 9.52 Å². The largest absolute Gasteiger partial charge is 0.511 e. The first kappa shape index (κ1) is 24.1. The summed E-state index contributed by atoms with van der Waals surface area (Å²) in [4.78, 5) is 30.7. The van der Waals surface area contributed by atoms with Crippen molar-refractivity contribution in [3.8, 4) is 0 Å². The number of aliphatic imine (C=N–C) groups is 1. The predicted molar refractivity (Wildman–Crippen MR) is 132 cm³/mol. The van der Waals surface area contributed by atoms with E-state index >= 15 is 0 Å². The molecule has 2 aliphatic rings. The number of aliphatic hydroxyl groups is 1. The molecule has 0 radical (unpaired) electrons. The van der Waals surface area contributed by atoms with E-state index in [0.29, 0.717) is 60.4 Å². The molecule has 1 N–H and O–H groups in total. The van der Waals surface area contributed by atoms with Crippen LogP contribution in [0.2, 0.25) is 0 Å². The average Bonchev–Trinajstić information content (AvgIpc) is 3.14. The van der Waals surface area contributed by atoms with Gasteiger partial charge in [0.2, 0.25) is 0 Å². The molecule has 2 aliphatic carbocycles. The second kappa shape index (κ2) is 8.97. The summed E-state index contributed by atoms with van der Waals surface area (Å²) >= 11 is 0. The Kier molecular flexibility index (Phi) is 6.36. The Morgan fingerprint density at radius 1 is 1.12 bits per heavy atom. The van der Waals surface area contributed by atoms with E-state index in [9.17, 15) is 14.7 Å². The van der Waals surface area contributed by atoms with Crippen molar-refractivity contribution in [3.63, 3.8) is 0 Å². The summed E-state index contributed by atoms with van der Waals surface area (Å²) in [5.41, 5.74) is 2.66. The number of aliphatic hydroxyl groups excluding tert-OH is 1. The highest BCUT2D eigenvalue weighted by Gasteiger charge is 2.37. The molecule has 2 aromatic rings. The number of hydrogen-bond donors (Lipinski definition) is 1. The van der Waals surface area contributed by atoms with Gasteiger partial charge in [-0.15, -0.1) is 0 Å². The summed E-state index contributed by atoms with van der Waals surface area (Å²) in [5, 5.41) is 15.1. The molecular formula is C28H34N2O4. The highest BCUT2D eigenvalue weighted by Crippen LogP contribution is 2.38. The fraction of sp³-hybridized carbons (Fsp3) is 0.500. The van der Waals surface area contributed by atoms with Crippen LogP contribution in [-0.2, 0) is 17.6 Å². The van der Waals surface area contributed by atoms with Crippen LogP contribution in [0.3, 0.4) is 0 Å². The average molecular weight is 463 g/mol. The molecule has 1 aromatic carbocycles. The number of carbonyl (C=O) groups excluding carboxylic acids is 2. The molecule has 6 nitrogen and oxygen atoms in total. The van der Waals surface area contributed by atoms with E-state index in [1.807, 2.05) is 65.0 Å². The van der Waals surface area contributed by atoms with Crippen LogP contribution in [0.25, 0.3) is 0 Å². The minimum atomic E-state index is -0.360. The van der Waals surface area contributed by atoms with Gasteiger partial charge >= 0.3 is 0 Å². The van der Waals surface area contributed by atoms with Crippen LogP contribution in [0.15, 0.2) is 51.2 Å². The molecule has 1 aromatic heterocycles. The molecule has 0 saturated heterocycles. The number of allylic oxidation sites excluding steroid dienone is 2. The van der Waals surface area contributed by atoms with Gasteiger partial charge in [-0.05, 0) is 44.1 Å². The molecule has 180 valence electrons. The minimum absolute atomic E-state index is 0.0176. The lowest BCUT2D eigenvalue weighted by molar-refractivity contribution is -0.117. The van der Waals surface area contributed by atoms with Crippen molar-refractivity contribution >= 4 is 17.3 Å². The van der Waals surface area contributed by atoms with E-state index < -0.39 is 0 Å². The van der Waals surface area contributed by atoms with Crippen LogP contribution in [0.4, 0.5) is 0 Å². The maximum Gasteiger partial charge on any atom is 0.168 e. The Morgan fingerprint density at radius 3 is 2.50 bits per heavy atom. The molecule has 6 heteroatoms. The third-order valence-corrected chi connectivity index (χ3v) is 6.46. The summed E-state index contributed by atoms with van der Waals surface area (Å²) in [6, 6.07) is 9.97. The number of aryl methyl sites for hydroxylation is 1. The molecular weight excluding hydrogens is 428 g/mol. The van der Waals surface area contributed by atoms with E-state index in [-0.39, 0.29) is 40.6 Å². The van der Waals surface area contributed by atoms with Gasteiger partial charge in [-0.3, -0.25) is 14.6 Å². The standard InChI is InChI=1S/C28H34N2O4/c1-27(2,3)29-20-15-28(4,5)16-23(33)25(20)21(31)12-11-19-26-22(32)13-18(14-24(26)34-30-19)17-9-7-6-8-10-17/h6-10,18,31H,11-16H2,1-5H3/b25-21+,29-20?. The highest BCUT2D eigenvalue weighted by molar-refractivity contribution is 6.24. The Morgan fingerprint density at radius 2 is 1.82 bits per heavy atom. The van der Waals surface area contributed by atoms with Crippen molar-refractivity contribution in [3.05, 3.63) is 64.2 Å². The number of ketones is 2. The second-order valence-electron chi connectivity index (χ2n) is 11.4. The van der Waals surface area contributed by atoms with Gasteiger partial charge in [0, 0.05) is 32.1 Å². The number of nitrogens with zero attached hydrogens (tertiary/aromatic N) is 2. The van der Waals surface area contributed by atoms with Crippen LogP contribution in [-0.4, -0.2) is 33.1 Å². The molecule has 1 unspecified atom stereocenters. The fourth-order valence-corrected chi connectivity index (χ4v) is 5.05. The Balaban J connectivity index is 1.56. The van der Waals surface area contributed by atoms with Crippen LogP contribution < -0.4 is 0 Å². The van der Waals surface area contributed by atoms with Crippen LogP contribution in [0.1, 0.15) is 93.6 Å². The third kappa shape index (κ3) is 5.21. The van der Waals surface area contributed by atoms with Crippen molar-refractivity contribution in [1.82, 2.24) is 5.16 Å². The minimum Gasteiger partial charge on any atom is -0.511 e. The monoisotopic (exact) mass is 462 g/mol. The van der Waals surface area contributed by atoms with Crippen molar-refractivity contribution in [2.75, 3.05) is 0 Å². The lowest BCUT2D eigenvalue weighted by Gasteiger charge is -2.32.